The van der Waals surface area contributed by atoms with Crippen LogP contribution in [-0.2, 0) is 4.79 Å². The quantitative estimate of drug-likeness (QED) is 0.855. The lowest BCUT2D eigenvalue weighted by atomic mass is 9.97. The Balaban J connectivity index is 2.02. The second-order valence-corrected chi connectivity index (χ2v) is 5.41. The van der Waals surface area contributed by atoms with Crippen LogP contribution in [0, 0.1) is 0 Å². The van der Waals surface area contributed by atoms with E-state index in [0.29, 0.717) is 11.3 Å². The Morgan fingerprint density at radius 1 is 1.12 bits per heavy atom. The van der Waals surface area contributed by atoms with Gasteiger partial charge in [-0.05, 0) is 41.5 Å². The van der Waals surface area contributed by atoms with Crippen molar-refractivity contribution in [3.63, 3.8) is 0 Å². The summed E-state index contributed by atoms with van der Waals surface area (Å²) >= 11 is 0. The summed E-state index contributed by atoms with van der Waals surface area (Å²) < 4.78 is 48.9. The Hall–Kier alpha value is -2.96. The van der Waals surface area contributed by atoms with Gasteiger partial charge in [0.1, 0.15) is 11.5 Å². The van der Waals surface area contributed by atoms with Crippen LogP contribution in [0.15, 0.2) is 48.0 Å². The van der Waals surface area contributed by atoms with Crippen LogP contribution in [0.2, 0.25) is 0 Å². The standard InChI is InChI=1S/C18H13F3O4/c1-24-13-5-2-10(3-6-13)11-4-7-15-12(8-11)9-14(17(22)23)16(25-15)18(19,20)21/h2-9,16H,1H3,(H,22,23)/p-1. The molecule has 0 aromatic heterocycles. The van der Waals surface area contributed by atoms with E-state index in [1.54, 1.807) is 36.4 Å². The smallest absolute Gasteiger partial charge is 0.429 e. The Morgan fingerprint density at radius 3 is 2.32 bits per heavy atom. The highest BCUT2D eigenvalue weighted by molar-refractivity contribution is 5.94. The summed E-state index contributed by atoms with van der Waals surface area (Å²) in [5.41, 5.74) is 0.786. The first-order valence-electron chi connectivity index (χ1n) is 7.24. The first-order chi connectivity index (χ1) is 11.8. The molecule has 2 aromatic rings. The van der Waals surface area contributed by atoms with Gasteiger partial charge in [0.05, 0.1) is 13.1 Å². The molecule has 2 aromatic carbocycles. The molecule has 1 heterocycles. The van der Waals surface area contributed by atoms with Crippen molar-refractivity contribution in [1.82, 2.24) is 0 Å². The minimum Gasteiger partial charge on any atom is -0.545 e. The number of benzene rings is 2. The van der Waals surface area contributed by atoms with Gasteiger partial charge < -0.3 is 19.4 Å². The maximum Gasteiger partial charge on any atom is 0.429 e. The van der Waals surface area contributed by atoms with Crippen molar-refractivity contribution in [3.8, 4) is 22.6 Å². The second-order valence-electron chi connectivity index (χ2n) is 5.41. The molecular weight excluding hydrogens is 337 g/mol. The zero-order valence-electron chi connectivity index (χ0n) is 13.0. The van der Waals surface area contributed by atoms with Gasteiger partial charge in [-0.3, -0.25) is 0 Å². The van der Waals surface area contributed by atoms with Crippen LogP contribution < -0.4 is 14.6 Å². The van der Waals surface area contributed by atoms with E-state index in [1.165, 1.54) is 13.2 Å². The minimum absolute atomic E-state index is 0.0374. The van der Waals surface area contributed by atoms with E-state index < -0.39 is 23.8 Å². The van der Waals surface area contributed by atoms with Crippen molar-refractivity contribution >= 4 is 12.0 Å². The largest absolute Gasteiger partial charge is 0.545 e. The van der Waals surface area contributed by atoms with Gasteiger partial charge in [-0.2, -0.15) is 13.2 Å². The van der Waals surface area contributed by atoms with Gasteiger partial charge in [-0.25, -0.2) is 0 Å². The summed E-state index contributed by atoms with van der Waals surface area (Å²) in [7, 11) is 1.54. The van der Waals surface area contributed by atoms with Gasteiger partial charge in [-0.1, -0.05) is 18.2 Å². The van der Waals surface area contributed by atoms with Crippen molar-refractivity contribution in [3.05, 3.63) is 53.6 Å². The molecule has 25 heavy (non-hydrogen) atoms. The Kier molecular flexibility index (Phi) is 4.16. The zero-order valence-corrected chi connectivity index (χ0v) is 13.0. The highest BCUT2D eigenvalue weighted by Gasteiger charge is 2.46. The van der Waals surface area contributed by atoms with Crippen LogP contribution in [0.4, 0.5) is 13.2 Å². The molecule has 0 amide bonds. The van der Waals surface area contributed by atoms with Gasteiger partial charge in [-0.15, -0.1) is 0 Å². The number of carbonyl (C=O) groups excluding carboxylic acids is 1. The van der Waals surface area contributed by atoms with E-state index in [-0.39, 0.29) is 11.3 Å². The first-order valence-corrected chi connectivity index (χ1v) is 7.24. The van der Waals surface area contributed by atoms with E-state index in [4.69, 9.17) is 9.47 Å². The van der Waals surface area contributed by atoms with E-state index in [2.05, 4.69) is 0 Å². The summed E-state index contributed by atoms with van der Waals surface area (Å²) in [5, 5.41) is 11.1. The second kappa shape index (κ2) is 6.16. The molecule has 7 heteroatoms. The van der Waals surface area contributed by atoms with Gasteiger partial charge in [0.2, 0.25) is 6.10 Å². The van der Waals surface area contributed by atoms with Crippen LogP contribution >= 0.6 is 0 Å². The highest BCUT2D eigenvalue weighted by atomic mass is 19.4. The van der Waals surface area contributed by atoms with Gasteiger partial charge >= 0.3 is 6.18 Å². The molecule has 0 N–H and O–H groups in total. The van der Waals surface area contributed by atoms with Crippen molar-refractivity contribution < 1.29 is 32.5 Å². The van der Waals surface area contributed by atoms with Crippen LogP contribution in [0.5, 0.6) is 11.5 Å². The highest BCUT2D eigenvalue weighted by Crippen LogP contribution is 2.38. The summed E-state index contributed by atoms with van der Waals surface area (Å²) in [5.74, 6) is -1.29. The molecule has 0 spiro atoms. The number of fused-ring (bicyclic) bond motifs is 1. The molecule has 0 radical (unpaired) electrons. The third kappa shape index (κ3) is 3.31. The van der Waals surface area contributed by atoms with Crippen molar-refractivity contribution in [2.45, 2.75) is 12.3 Å². The average molecular weight is 349 g/mol. The molecule has 1 unspecified atom stereocenters. The van der Waals surface area contributed by atoms with E-state index >= 15 is 0 Å². The molecule has 0 saturated heterocycles. The van der Waals surface area contributed by atoms with Crippen molar-refractivity contribution in [2.75, 3.05) is 7.11 Å². The first kappa shape index (κ1) is 16.9. The fourth-order valence-corrected chi connectivity index (χ4v) is 2.57. The number of hydrogen-bond donors (Lipinski definition) is 0. The molecule has 0 bridgehead atoms. The topological polar surface area (TPSA) is 58.6 Å². The number of hydrogen-bond acceptors (Lipinski definition) is 4. The molecule has 130 valence electrons. The van der Waals surface area contributed by atoms with Crippen molar-refractivity contribution in [1.29, 1.82) is 0 Å². The molecule has 0 saturated carbocycles. The molecule has 1 aliphatic rings. The van der Waals surface area contributed by atoms with Gasteiger partial charge in [0, 0.05) is 11.1 Å². The van der Waals surface area contributed by atoms with E-state index in [1.807, 2.05) is 0 Å². The predicted octanol–water partition coefficient (Wildman–Crippen LogP) is 2.82. The number of rotatable bonds is 3. The van der Waals surface area contributed by atoms with Crippen LogP contribution in [0.25, 0.3) is 17.2 Å². The predicted molar refractivity (Wildman–Crippen MR) is 81.9 cm³/mol. The maximum absolute atomic E-state index is 13.0. The van der Waals surface area contributed by atoms with E-state index in [9.17, 15) is 23.1 Å². The van der Waals surface area contributed by atoms with Crippen molar-refractivity contribution in [2.24, 2.45) is 0 Å². The van der Waals surface area contributed by atoms with Crippen LogP contribution in [0.3, 0.4) is 0 Å². The molecule has 1 atom stereocenters. The molecule has 0 fully saturated rings. The van der Waals surface area contributed by atoms with E-state index in [0.717, 1.165) is 11.6 Å². The van der Waals surface area contributed by atoms with Gasteiger partial charge in [0.15, 0.2) is 0 Å². The number of carbonyl (C=O) groups is 1. The van der Waals surface area contributed by atoms with Crippen LogP contribution in [-0.4, -0.2) is 25.4 Å². The number of alkyl halides is 3. The molecule has 1 aliphatic heterocycles. The third-order valence-electron chi connectivity index (χ3n) is 3.80. The summed E-state index contributed by atoms with van der Waals surface area (Å²) in [6, 6.07) is 11.6. The lowest BCUT2D eigenvalue weighted by Gasteiger charge is -2.29. The number of ether oxygens (including phenoxy) is 2. The zero-order chi connectivity index (χ0) is 18.2. The van der Waals surface area contributed by atoms with Gasteiger partial charge in [0.25, 0.3) is 0 Å². The number of aliphatic carboxylic acids is 1. The number of halogens is 3. The average Bonchev–Trinajstić information content (AvgIpc) is 2.59. The molecule has 4 nitrogen and oxygen atoms in total. The Labute approximate surface area is 141 Å². The SMILES string of the molecule is COc1ccc(-c2ccc3c(c2)C=C(C(=O)[O-])C(C(F)(F)F)O3)cc1. The normalized spacial score (nSPS) is 16.5. The Bertz CT molecular complexity index is 838. The lowest BCUT2D eigenvalue weighted by molar-refractivity contribution is -0.302. The fraction of sp³-hybridized carbons (Fsp3) is 0.167. The van der Waals surface area contributed by atoms with Crippen LogP contribution in [0.1, 0.15) is 5.56 Å². The fourth-order valence-electron chi connectivity index (χ4n) is 2.57. The number of carboxylic acid groups (broad SMARTS) is 1. The molecular formula is C18H12F3O4-. The minimum atomic E-state index is -4.85. The summed E-state index contributed by atoms with van der Waals surface area (Å²) in [4.78, 5) is 11.1. The number of carboxylic acids is 1. The Morgan fingerprint density at radius 2 is 1.76 bits per heavy atom. The third-order valence-corrected chi connectivity index (χ3v) is 3.80. The maximum atomic E-state index is 13.0. The monoisotopic (exact) mass is 349 g/mol. The molecule has 3 rings (SSSR count). The summed E-state index contributed by atoms with van der Waals surface area (Å²) in [6.07, 6.45) is -6.45. The number of methoxy groups -OCH3 is 1. The summed E-state index contributed by atoms with van der Waals surface area (Å²) in [6.45, 7) is 0. The lowest BCUT2D eigenvalue weighted by Crippen LogP contribution is -2.44. The molecule has 0 aliphatic carbocycles.